The molecule has 6 heteroatoms. The fraction of sp³-hybridized carbons (Fsp3) is 0.320. The minimum atomic E-state index is -0.229. The molecule has 0 fully saturated rings. The second-order valence-electron chi connectivity index (χ2n) is 8.27. The lowest BCUT2D eigenvalue weighted by Crippen LogP contribution is -2.39. The molecule has 0 atom stereocenters. The van der Waals surface area contributed by atoms with Gasteiger partial charge in [0.25, 0.3) is 5.56 Å². The van der Waals surface area contributed by atoms with E-state index in [1.54, 1.807) is 6.92 Å². The van der Waals surface area contributed by atoms with Gasteiger partial charge in [-0.05, 0) is 49.6 Å². The van der Waals surface area contributed by atoms with E-state index in [0.717, 1.165) is 36.5 Å². The van der Waals surface area contributed by atoms with Gasteiger partial charge in [-0.3, -0.25) is 19.1 Å². The summed E-state index contributed by atoms with van der Waals surface area (Å²) < 4.78 is 1.49. The molecule has 3 aromatic rings. The van der Waals surface area contributed by atoms with E-state index < -0.39 is 0 Å². The summed E-state index contributed by atoms with van der Waals surface area (Å²) in [5, 5.41) is 2.90. The minimum absolute atomic E-state index is 0.0451. The monoisotopic (exact) mass is 416 g/mol. The Morgan fingerprint density at radius 3 is 2.58 bits per heavy atom. The van der Waals surface area contributed by atoms with Crippen LogP contribution in [-0.2, 0) is 30.8 Å². The molecule has 0 unspecified atom stereocenters. The molecule has 0 bridgehead atoms. The molecule has 0 spiro atoms. The van der Waals surface area contributed by atoms with Gasteiger partial charge in [0.05, 0.1) is 11.3 Å². The Labute approximate surface area is 182 Å². The van der Waals surface area contributed by atoms with Crippen molar-refractivity contribution in [2.24, 2.45) is 0 Å². The van der Waals surface area contributed by atoms with E-state index in [0.29, 0.717) is 17.9 Å². The van der Waals surface area contributed by atoms with Gasteiger partial charge in [-0.1, -0.05) is 36.4 Å². The third kappa shape index (κ3) is 4.75. The van der Waals surface area contributed by atoms with Crippen molar-refractivity contribution < 1.29 is 4.79 Å². The summed E-state index contributed by atoms with van der Waals surface area (Å²) in [6.45, 7) is 8.00. The van der Waals surface area contributed by atoms with E-state index in [1.807, 2.05) is 50.2 Å². The number of nitrogens with one attached hydrogen (secondary N) is 1. The van der Waals surface area contributed by atoms with Crippen LogP contribution in [0, 0.1) is 20.8 Å². The van der Waals surface area contributed by atoms with Crippen molar-refractivity contribution in [1.82, 2.24) is 14.5 Å². The Bertz CT molecular complexity index is 1170. The summed E-state index contributed by atoms with van der Waals surface area (Å²) in [7, 11) is 0. The number of hydrogen-bond acceptors (Lipinski definition) is 4. The van der Waals surface area contributed by atoms with Gasteiger partial charge in [-0.25, -0.2) is 4.98 Å². The van der Waals surface area contributed by atoms with Crippen LogP contribution in [0.25, 0.3) is 0 Å². The van der Waals surface area contributed by atoms with E-state index in [1.165, 1.54) is 15.7 Å². The molecule has 0 saturated heterocycles. The lowest BCUT2D eigenvalue weighted by atomic mass is 10.1. The number of fused-ring (bicyclic) bond motifs is 1. The zero-order valence-corrected chi connectivity index (χ0v) is 18.3. The number of amides is 1. The Kier molecular flexibility index (Phi) is 6.00. The summed E-state index contributed by atoms with van der Waals surface area (Å²) in [6, 6.07) is 16.0. The molecular formula is C25H28N4O2. The molecule has 2 heterocycles. The number of carbonyl (C=O) groups excluding carboxylic acids is 1. The van der Waals surface area contributed by atoms with Gasteiger partial charge in [0.15, 0.2) is 0 Å². The van der Waals surface area contributed by atoms with Crippen LogP contribution >= 0.6 is 0 Å². The number of carbonyl (C=O) groups is 1. The molecule has 6 nitrogen and oxygen atoms in total. The molecule has 1 aliphatic rings. The van der Waals surface area contributed by atoms with Crippen molar-refractivity contribution in [2.75, 3.05) is 11.9 Å². The first-order valence-corrected chi connectivity index (χ1v) is 10.6. The van der Waals surface area contributed by atoms with Crippen molar-refractivity contribution in [2.45, 2.75) is 46.8 Å². The highest BCUT2D eigenvalue weighted by atomic mass is 16.2. The van der Waals surface area contributed by atoms with Crippen molar-refractivity contribution in [1.29, 1.82) is 0 Å². The zero-order valence-electron chi connectivity index (χ0n) is 18.3. The highest BCUT2D eigenvalue weighted by Crippen LogP contribution is 2.18. The largest absolute Gasteiger partial charge is 0.325 e. The first-order chi connectivity index (χ1) is 14.9. The van der Waals surface area contributed by atoms with Gasteiger partial charge in [-0.15, -0.1) is 0 Å². The second-order valence-corrected chi connectivity index (χ2v) is 8.27. The van der Waals surface area contributed by atoms with Gasteiger partial charge in [0.1, 0.15) is 12.4 Å². The molecule has 1 N–H and O–H groups in total. The quantitative estimate of drug-likeness (QED) is 0.693. The summed E-state index contributed by atoms with van der Waals surface area (Å²) >= 11 is 0. The average Bonchev–Trinajstić information content (AvgIpc) is 2.75. The smallest absolute Gasteiger partial charge is 0.258 e. The van der Waals surface area contributed by atoms with Crippen LogP contribution in [0.2, 0.25) is 0 Å². The summed E-state index contributed by atoms with van der Waals surface area (Å²) in [4.78, 5) is 32.8. The second kappa shape index (κ2) is 8.86. The number of hydrogen-bond donors (Lipinski definition) is 1. The molecule has 160 valence electrons. The Morgan fingerprint density at radius 1 is 1.06 bits per heavy atom. The number of benzene rings is 2. The van der Waals surface area contributed by atoms with Crippen molar-refractivity contribution in [3.05, 3.63) is 92.7 Å². The van der Waals surface area contributed by atoms with E-state index in [-0.39, 0.29) is 18.0 Å². The van der Waals surface area contributed by atoms with E-state index in [4.69, 9.17) is 0 Å². The fourth-order valence-corrected chi connectivity index (χ4v) is 4.01. The summed E-state index contributed by atoms with van der Waals surface area (Å²) in [6.07, 6.45) is 0.744. The minimum Gasteiger partial charge on any atom is -0.325 e. The topological polar surface area (TPSA) is 67.2 Å². The summed E-state index contributed by atoms with van der Waals surface area (Å²) in [5.74, 6) is 0.350. The third-order valence-corrected chi connectivity index (χ3v) is 5.93. The molecule has 1 amide bonds. The maximum absolute atomic E-state index is 13.2. The third-order valence-electron chi connectivity index (χ3n) is 5.93. The molecule has 4 rings (SSSR count). The Morgan fingerprint density at radius 2 is 1.84 bits per heavy atom. The molecule has 1 aromatic heterocycles. The number of aromatic nitrogens is 2. The lowest BCUT2D eigenvalue weighted by molar-refractivity contribution is -0.116. The highest BCUT2D eigenvalue weighted by molar-refractivity contribution is 5.90. The maximum atomic E-state index is 13.2. The number of anilines is 1. The van der Waals surface area contributed by atoms with Gasteiger partial charge >= 0.3 is 0 Å². The highest BCUT2D eigenvalue weighted by Gasteiger charge is 2.23. The van der Waals surface area contributed by atoms with E-state index >= 15 is 0 Å². The van der Waals surface area contributed by atoms with E-state index in [2.05, 4.69) is 27.3 Å². The molecule has 0 saturated carbocycles. The Balaban J connectivity index is 1.51. The predicted molar refractivity (Wildman–Crippen MR) is 122 cm³/mol. The van der Waals surface area contributed by atoms with E-state index in [9.17, 15) is 9.59 Å². The SMILES string of the molecule is Cc1ccc(NC(=O)Cn2c(C)nc3c(c2=O)CN(Cc2ccccc2)CC3)cc1C. The van der Waals surface area contributed by atoms with Crippen molar-refractivity contribution in [3.63, 3.8) is 0 Å². The normalized spacial score (nSPS) is 13.6. The molecular weight excluding hydrogens is 388 g/mol. The van der Waals surface area contributed by atoms with Crippen LogP contribution < -0.4 is 10.9 Å². The molecule has 0 radical (unpaired) electrons. The van der Waals surface area contributed by atoms with Gasteiger partial charge in [-0.2, -0.15) is 0 Å². The molecule has 2 aromatic carbocycles. The zero-order chi connectivity index (χ0) is 22.0. The standard InChI is InChI=1S/C25H28N4O2/c1-17-9-10-21(13-18(17)2)27-24(30)16-29-19(3)26-23-11-12-28(15-22(23)25(29)31)14-20-7-5-4-6-8-20/h4-10,13H,11-12,14-16H2,1-3H3,(H,27,30). The van der Waals surface area contributed by atoms with Crippen LogP contribution in [0.5, 0.6) is 0 Å². The number of aryl methyl sites for hydroxylation is 3. The van der Waals surface area contributed by atoms with Crippen LogP contribution in [0.4, 0.5) is 5.69 Å². The van der Waals surface area contributed by atoms with Crippen LogP contribution in [0.3, 0.4) is 0 Å². The maximum Gasteiger partial charge on any atom is 0.258 e. The fourth-order valence-electron chi connectivity index (χ4n) is 4.01. The van der Waals surface area contributed by atoms with Crippen molar-refractivity contribution in [3.8, 4) is 0 Å². The van der Waals surface area contributed by atoms with Crippen LogP contribution in [-0.4, -0.2) is 26.9 Å². The first kappa shape index (κ1) is 21.0. The predicted octanol–water partition coefficient (Wildman–Crippen LogP) is 3.37. The van der Waals surface area contributed by atoms with Gasteiger partial charge < -0.3 is 5.32 Å². The van der Waals surface area contributed by atoms with Gasteiger partial charge in [0.2, 0.25) is 5.91 Å². The van der Waals surface area contributed by atoms with Crippen molar-refractivity contribution >= 4 is 11.6 Å². The molecule has 1 aliphatic heterocycles. The first-order valence-electron chi connectivity index (χ1n) is 10.6. The lowest BCUT2D eigenvalue weighted by Gasteiger charge is -2.28. The Hall–Kier alpha value is -3.25. The van der Waals surface area contributed by atoms with Gasteiger partial charge in [0, 0.05) is 31.7 Å². The molecule has 0 aliphatic carbocycles. The van der Waals surface area contributed by atoms with Crippen LogP contribution in [0.1, 0.15) is 33.8 Å². The number of rotatable bonds is 5. The molecule has 31 heavy (non-hydrogen) atoms. The summed E-state index contributed by atoms with van der Waals surface area (Å²) in [5.41, 5.74) is 5.68. The van der Waals surface area contributed by atoms with Crippen LogP contribution in [0.15, 0.2) is 53.3 Å². The number of nitrogens with zero attached hydrogens (tertiary/aromatic N) is 3. The average molecular weight is 417 g/mol.